The summed E-state index contributed by atoms with van der Waals surface area (Å²) in [6, 6.07) is 7.01. The Labute approximate surface area is 113 Å². The fourth-order valence-electron chi connectivity index (χ4n) is 1.94. The number of nitrogens with zero attached hydrogens (tertiary/aromatic N) is 1. The molecule has 0 saturated carbocycles. The Balaban J connectivity index is 2.91. The van der Waals surface area contributed by atoms with Crippen LogP contribution < -0.4 is 10.6 Å². The van der Waals surface area contributed by atoms with Gasteiger partial charge in [-0.1, -0.05) is 19.4 Å². The molecule has 0 heterocycles. The molecule has 0 bridgehead atoms. The molecule has 1 aromatic carbocycles. The Bertz CT molecular complexity index is 363. The molecule has 0 fully saturated rings. The van der Waals surface area contributed by atoms with Gasteiger partial charge in [0.05, 0.1) is 5.69 Å². The number of rotatable bonds is 5. The smallest absolute Gasteiger partial charge is 0.0510 e. The van der Waals surface area contributed by atoms with Crippen molar-refractivity contribution >= 4 is 21.6 Å². The summed E-state index contributed by atoms with van der Waals surface area (Å²) in [6.45, 7) is 6.48. The highest BCUT2D eigenvalue weighted by molar-refractivity contribution is 9.10. The number of benzene rings is 1. The maximum atomic E-state index is 5.88. The van der Waals surface area contributed by atoms with Gasteiger partial charge >= 0.3 is 0 Å². The van der Waals surface area contributed by atoms with Gasteiger partial charge in [0.2, 0.25) is 0 Å². The van der Waals surface area contributed by atoms with Gasteiger partial charge in [0.25, 0.3) is 0 Å². The van der Waals surface area contributed by atoms with E-state index in [9.17, 15) is 0 Å². The van der Waals surface area contributed by atoms with Gasteiger partial charge in [-0.15, -0.1) is 0 Å². The minimum Gasteiger partial charge on any atom is -0.371 e. The first-order valence-corrected chi connectivity index (χ1v) is 7.04. The lowest BCUT2D eigenvalue weighted by molar-refractivity contribution is 0.615. The maximum Gasteiger partial charge on any atom is 0.0510 e. The first kappa shape index (κ1) is 14.5. The molecule has 0 saturated heterocycles. The quantitative estimate of drug-likeness (QED) is 0.887. The molecule has 0 aromatic heterocycles. The van der Waals surface area contributed by atoms with Crippen molar-refractivity contribution in [1.82, 2.24) is 0 Å². The van der Waals surface area contributed by atoms with Gasteiger partial charge in [-0.25, -0.2) is 0 Å². The van der Waals surface area contributed by atoms with Crippen LogP contribution in [0.3, 0.4) is 0 Å². The number of halogens is 1. The summed E-state index contributed by atoms with van der Waals surface area (Å²) in [7, 11) is 2.14. The van der Waals surface area contributed by atoms with Crippen LogP contribution in [0, 0.1) is 0 Å². The molecule has 0 aliphatic rings. The van der Waals surface area contributed by atoms with E-state index >= 15 is 0 Å². The lowest BCUT2D eigenvalue weighted by Crippen LogP contribution is -2.28. The molecular weight excluding hydrogens is 276 g/mol. The van der Waals surface area contributed by atoms with Crippen LogP contribution in [-0.2, 0) is 0 Å². The molecular formula is C14H23BrN2. The molecule has 1 unspecified atom stereocenters. The van der Waals surface area contributed by atoms with E-state index in [2.05, 4.69) is 59.9 Å². The topological polar surface area (TPSA) is 29.3 Å². The Morgan fingerprint density at radius 2 is 2.00 bits per heavy atom. The summed E-state index contributed by atoms with van der Waals surface area (Å²) in [4.78, 5) is 2.32. The second-order valence-corrected chi connectivity index (χ2v) is 5.60. The standard InChI is InChI=1S/C14H23BrN2/c1-5-6-10(2)17(4)14-8-7-12(11(3)16)9-13(14)15/h7-11H,5-6,16H2,1-4H3/t10?,11-/m0/s1. The summed E-state index contributed by atoms with van der Waals surface area (Å²) in [5.41, 5.74) is 8.28. The highest BCUT2D eigenvalue weighted by Gasteiger charge is 2.13. The summed E-state index contributed by atoms with van der Waals surface area (Å²) < 4.78 is 1.12. The third kappa shape index (κ3) is 3.71. The van der Waals surface area contributed by atoms with E-state index in [1.165, 1.54) is 18.5 Å². The molecule has 0 aliphatic carbocycles. The number of anilines is 1. The zero-order valence-corrected chi connectivity index (χ0v) is 12.8. The van der Waals surface area contributed by atoms with E-state index in [0.29, 0.717) is 6.04 Å². The molecule has 96 valence electrons. The Hall–Kier alpha value is -0.540. The van der Waals surface area contributed by atoms with Gasteiger partial charge < -0.3 is 10.6 Å². The van der Waals surface area contributed by atoms with E-state index in [0.717, 1.165) is 10.0 Å². The normalized spacial score (nSPS) is 14.5. The van der Waals surface area contributed by atoms with Crippen molar-refractivity contribution < 1.29 is 0 Å². The lowest BCUT2D eigenvalue weighted by Gasteiger charge is -2.28. The second kappa shape index (κ2) is 6.41. The van der Waals surface area contributed by atoms with Gasteiger partial charge in [-0.05, 0) is 53.9 Å². The van der Waals surface area contributed by atoms with Crippen LogP contribution in [0.25, 0.3) is 0 Å². The molecule has 17 heavy (non-hydrogen) atoms. The van der Waals surface area contributed by atoms with E-state index in [4.69, 9.17) is 5.73 Å². The molecule has 1 aromatic rings. The van der Waals surface area contributed by atoms with Crippen molar-refractivity contribution in [1.29, 1.82) is 0 Å². The van der Waals surface area contributed by atoms with Gasteiger partial charge in [-0.2, -0.15) is 0 Å². The molecule has 0 amide bonds. The average Bonchev–Trinajstić information content (AvgIpc) is 2.28. The van der Waals surface area contributed by atoms with E-state index in [1.54, 1.807) is 0 Å². The van der Waals surface area contributed by atoms with Crippen molar-refractivity contribution in [2.75, 3.05) is 11.9 Å². The van der Waals surface area contributed by atoms with Crippen LogP contribution in [-0.4, -0.2) is 13.1 Å². The van der Waals surface area contributed by atoms with Crippen molar-refractivity contribution in [2.45, 2.75) is 45.7 Å². The zero-order valence-electron chi connectivity index (χ0n) is 11.2. The predicted octanol–water partition coefficient (Wildman–Crippen LogP) is 4.09. The third-order valence-corrected chi connectivity index (χ3v) is 3.88. The van der Waals surface area contributed by atoms with Crippen molar-refractivity contribution in [3.63, 3.8) is 0 Å². The molecule has 2 nitrogen and oxygen atoms in total. The SMILES string of the molecule is CCCC(C)N(C)c1ccc([C@H](C)N)cc1Br. The number of hydrogen-bond donors (Lipinski definition) is 1. The molecule has 2 atom stereocenters. The minimum atomic E-state index is 0.0821. The minimum absolute atomic E-state index is 0.0821. The second-order valence-electron chi connectivity index (χ2n) is 4.75. The Morgan fingerprint density at radius 3 is 2.47 bits per heavy atom. The fraction of sp³-hybridized carbons (Fsp3) is 0.571. The summed E-state index contributed by atoms with van der Waals surface area (Å²) >= 11 is 3.64. The fourth-order valence-corrected chi connectivity index (χ4v) is 2.62. The van der Waals surface area contributed by atoms with Gasteiger partial charge in [-0.3, -0.25) is 0 Å². The van der Waals surface area contributed by atoms with Crippen LogP contribution in [0.15, 0.2) is 22.7 Å². The van der Waals surface area contributed by atoms with Crippen LogP contribution in [0.1, 0.15) is 45.2 Å². The van der Waals surface area contributed by atoms with Gasteiger partial charge in [0, 0.05) is 23.6 Å². The third-order valence-electron chi connectivity index (χ3n) is 3.25. The molecule has 3 heteroatoms. The summed E-state index contributed by atoms with van der Waals surface area (Å²) in [5.74, 6) is 0. The lowest BCUT2D eigenvalue weighted by atomic mass is 10.1. The largest absolute Gasteiger partial charge is 0.371 e. The average molecular weight is 299 g/mol. The van der Waals surface area contributed by atoms with Gasteiger partial charge in [0.1, 0.15) is 0 Å². The van der Waals surface area contributed by atoms with E-state index in [1.807, 2.05) is 6.92 Å². The zero-order chi connectivity index (χ0) is 13.0. The maximum absolute atomic E-state index is 5.88. The molecule has 1 rings (SSSR count). The first-order valence-electron chi connectivity index (χ1n) is 6.25. The molecule has 0 spiro atoms. The Kier molecular flexibility index (Phi) is 5.47. The van der Waals surface area contributed by atoms with Crippen LogP contribution in [0.4, 0.5) is 5.69 Å². The van der Waals surface area contributed by atoms with Crippen molar-refractivity contribution in [3.05, 3.63) is 28.2 Å². The summed E-state index contributed by atoms with van der Waals surface area (Å²) in [5, 5.41) is 0. The molecule has 2 N–H and O–H groups in total. The van der Waals surface area contributed by atoms with Crippen LogP contribution in [0.2, 0.25) is 0 Å². The van der Waals surface area contributed by atoms with Crippen LogP contribution >= 0.6 is 15.9 Å². The first-order chi connectivity index (χ1) is 7.97. The summed E-state index contributed by atoms with van der Waals surface area (Å²) in [6.07, 6.45) is 2.42. The number of nitrogens with two attached hydrogens (primary N) is 1. The number of hydrogen-bond acceptors (Lipinski definition) is 2. The monoisotopic (exact) mass is 298 g/mol. The van der Waals surface area contributed by atoms with Gasteiger partial charge in [0.15, 0.2) is 0 Å². The van der Waals surface area contributed by atoms with Crippen molar-refractivity contribution in [3.8, 4) is 0 Å². The van der Waals surface area contributed by atoms with E-state index in [-0.39, 0.29) is 6.04 Å². The molecule has 0 radical (unpaired) electrons. The van der Waals surface area contributed by atoms with E-state index < -0.39 is 0 Å². The highest BCUT2D eigenvalue weighted by atomic mass is 79.9. The van der Waals surface area contributed by atoms with Crippen LogP contribution in [0.5, 0.6) is 0 Å². The van der Waals surface area contributed by atoms with Crippen molar-refractivity contribution in [2.24, 2.45) is 5.73 Å². The highest BCUT2D eigenvalue weighted by Crippen LogP contribution is 2.30. The Morgan fingerprint density at radius 1 is 1.35 bits per heavy atom. The predicted molar refractivity (Wildman–Crippen MR) is 79.5 cm³/mol. The molecule has 0 aliphatic heterocycles.